The first kappa shape index (κ1) is 15.2. The van der Waals surface area contributed by atoms with Crippen LogP contribution in [0.4, 0.5) is 4.39 Å². The van der Waals surface area contributed by atoms with Gasteiger partial charge in [-0.1, -0.05) is 11.3 Å². The van der Waals surface area contributed by atoms with Crippen LogP contribution in [-0.2, 0) is 19.5 Å². The number of nitrogens with zero attached hydrogens (tertiary/aromatic N) is 3. The Kier molecular flexibility index (Phi) is 3.38. The van der Waals surface area contributed by atoms with Crippen molar-refractivity contribution in [1.82, 2.24) is 13.7 Å². The first-order valence-corrected chi connectivity index (χ1v) is 8.71. The molecule has 0 amide bonds. The van der Waals surface area contributed by atoms with Crippen molar-refractivity contribution in [1.29, 1.82) is 0 Å². The Bertz CT molecular complexity index is 1070. The average Bonchev–Trinajstić information content (AvgIpc) is 3.01. The molecule has 1 N–H and O–H groups in total. The maximum absolute atomic E-state index is 14.6. The Morgan fingerprint density at radius 2 is 2.08 bits per heavy atom. The summed E-state index contributed by atoms with van der Waals surface area (Å²) in [6.45, 7) is 2.81. The lowest BCUT2D eigenvalue weighted by Crippen LogP contribution is -2.26. The quantitative estimate of drug-likeness (QED) is 0.771. The van der Waals surface area contributed by atoms with Crippen molar-refractivity contribution in [2.24, 2.45) is 0 Å². The highest BCUT2D eigenvalue weighted by atomic mass is 32.1. The van der Waals surface area contributed by atoms with Gasteiger partial charge in [0.15, 0.2) is 0 Å². The summed E-state index contributed by atoms with van der Waals surface area (Å²) >= 11 is 0.969. The lowest BCUT2D eigenvalue weighted by molar-refractivity contribution is 0.424. The molecule has 0 spiro atoms. The van der Waals surface area contributed by atoms with Gasteiger partial charge in [-0.3, -0.25) is 13.9 Å². The summed E-state index contributed by atoms with van der Waals surface area (Å²) in [5, 5.41) is 10.4. The Morgan fingerprint density at radius 1 is 1.29 bits per heavy atom. The van der Waals surface area contributed by atoms with Crippen LogP contribution >= 0.6 is 11.3 Å². The van der Waals surface area contributed by atoms with Gasteiger partial charge in [-0.15, -0.1) is 0 Å². The molecule has 0 radical (unpaired) electrons. The number of rotatable bonds is 2. The van der Waals surface area contributed by atoms with Crippen LogP contribution < -0.4 is 10.6 Å². The third kappa shape index (κ3) is 1.99. The highest BCUT2D eigenvalue weighted by molar-refractivity contribution is 7.16. The molecule has 2 aromatic heterocycles. The highest BCUT2D eigenvalue weighted by Gasteiger charge is 2.25. The van der Waals surface area contributed by atoms with Gasteiger partial charge in [-0.2, -0.15) is 0 Å². The Hall–Kier alpha value is -2.35. The minimum absolute atomic E-state index is 0.0214. The van der Waals surface area contributed by atoms with E-state index in [4.69, 9.17) is 0 Å². The van der Waals surface area contributed by atoms with Crippen LogP contribution in [-0.4, -0.2) is 18.8 Å². The molecule has 1 aliphatic heterocycles. The van der Waals surface area contributed by atoms with Gasteiger partial charge in [0, 0.05) is 13.1 Å². The molecule has 1 aliphatic rings. The van der Waals surface area contributed by atoms with E-state index in [1.807, 2.05) is 6.92 Å². The van der Waals surface area contributed by atoms with Gasteiger partial charge < -0.3 is 5.11 Å². The zero-order chi connectivity index (χ0) is 17.0. The van der Waals surface area contributed by atoms with Gasteiger partial charge >= 0.3 is 10.6 Å². The zero-order valence-electron chi connectivity index (χ0n) is 13.1. The molecule has 0 aliphatic carbocycles. The number of hydrogen-bond acceptors (Lipinski definition) is 4. The smallest absolute Gasteiger partial charge is 0.336 e. The van der Waals surface area contributed by atoms with E-state index in [1.165, 1.54) is 21.3 Å². The van der Waals surface area contributed by atoms with E-state index in [2.05, 4.69) is 0 Å². The summed E-state index contributed by atoms with van der Waals surface area (Å²) in [6, 6.07) is 2.73. The maximum atomic E-state index is 14.6. The molecule has 0 atom stereocenters. The van der Waals surface area contributed by atoms with Crippen LogP contribution in [0.25, 0.3) is 15.9 Å². The fourth-order valence-corrected chi connectivity index (χ4v) is 4.34. The Balaban J connectivity index is 2.04. The first-order valence-electron chi connectivity index (χ1n) is 7.89. The fourth-order valence-electron chi connectivity index (χ4n) is 3.38. The third-order valence-corrected chi connectivity index (χ3v) is 5.50. The zero-order valence-corrected chi connectivity index (χ0v) is 13.9. The molecule has 0 fully saturated rings. The number of hydrogen-bond donors (Lipinski definition) is 1. The Labute approximate surface area is 140 Å². The number of aromatic nitrogens is 3. The summed E-state index contributed by atoms with van der Waals surface area (Å²) < 4.78 is 19.2. The maximum Gasteiger partial charge on any atom is 0.336 e. The van der Waals surface area contributed by atoms with Crippen molar-refractivity contribution in [3.63, 3.8) is 0 Å². The van der Waals surface area contributed by atoms with Gasteiger partial charge in [0.25, 0.3) is 0 Å². The average molecular weight is 349 g/mol. The number of aryl methyl sites for hydroxylation is 1. The molecule has 8 heteroatoms. The molecule has 6 nitrogen and oxygen atoms in total. The molecule has 3 heterocycles. The van der Waals surface area contributed by atoms with Gasteiger partial charge in [0.2, 0.25) is 5.88 Å². The van der Waals surface area contributed by atoms with E-state index in [0.717, 1.165) is 28.7 Å². The largest absolute Gasteiger partial charge is 0.493 e. The first-order chi connectivity index (χ1) is 11.5. The number of aromatic hydroxyl groups is 1. The van der Waals surface area contributed by atoms with Crippen LogP contribution in [0.1, 0.15) is 25.5 Å². The summed E-state index contributed by atoms with van der Waals surface area (Å²) in [5.41, 5.74) is 0.649. The molecule has 24 heavy (non-hydrogen) atoms. The van der Waals surface area contributed by atoms with Gasteiger partial charge in [0.1, 0.15) is 5.82 Å². The van der Waals surface area contributed by atoms with E-state index in [1.54, 1.807) is 0 Å². The van der Waals surface area contributed by atoms with Crippen molar-refractivity contribution in [2.75, 3.05) is 0 Å². The molecule has 4 rings (SSSR count). The lowest BCUT2D eigenvalue weighted by Gasteiger charge is -2.11. The van der Waals surface area contributed by atoms with Crippen molar-refractivity contribution in [2.45, 2.75) is 39.3 Å². The van der Waals surface area contributed by atoms with Crippen LogP contribution in [0.3, 0.4) is 0 Å². The lowest BCUT2D eigenvalue weighted by atomic mass is 10.1. The van der Waals surface area contributed by atoms with E-state index in [9.17, 15) is 19.1 Å². The van der Waals surface area contributed by atoms with Crippen molar-refractivity contribution >= 4 is 21.6 Å². The van der Waals surface area contributed by atoms with Crippen LogP contribution in [0.2, 0.25) is 0 Å². The normalized spacial score (nSPS) is 14.2. The highest BCUT2D eigenvalue weighted by Crippen LogP contribution is 2.29. The van der Waals surface area contributed by atoms with E-state index < -0.39 is 11.5 Å². The van der Waals surface area contributed by atoms with Crippen molar-refractivity contribution < 1.29 is 9.50 Å². The molecule has 1 aromatic carbocycles. The van der Waals surface area contributed by atoms with Gasteiger partial charge in [0.05, 0.1) is 21.6 Å². The molecular formula is C16H16FN3O3S. The summed E-state index contributed by atoms with van der Waals surface area (Å²) in [6.07, 6.45) is 2.34. The summed E-state index contributed by atoms with van der Waals surface area (Å²) in [4.78, 5) is 24.4. The number of halogens is 1. The van der Waals surface area contributed by atoms with Crippen molar-refractivity contribution in [3.8, 4) is 11.6 Å². The Morgan fingerprint density at radius 3 is 2.79 bits per heavy atom. The fraction of sp³-hybridized carbons (Fsp3) is 0.375. The second kappa shape index (κ2) is 5.34. The molecule has 0 unspecified atom stereocenters. The molecule has 0 bridgehead atoms. The predicted molar refractivity (Wildman–Crippen MR) is 89.9 cm³/mol. The standard InChI is InChI=1S/C16H16FN3O3S/c1-2-18-12-8-11(9(17)7-13(12)24-16(18)23)20-14(21)10-5-3-4-6-19(10)15(20)22/h7-8,21H,2-6H2,1H3. The number of fused-ring (bicyclic) bond motifs is 2. The minimum Gasteiger partial charge on any atom is -0.493 e. The van der Waals surface area contributed by atoms with Crippen molar-refractivity contribution in [3.05, 3.63) is 43.8 Å². The predicted octanol–water partition coefficient (Wildman–Crippen LogP) is 2.22. The topological polar surface area (TPSA) is 69.2 Å². The number of benzene rings is 1. The second-order valence-electron chi connectivity index (χ2n) is 5.88. The number of thiazole rings is 1. The number of imidazole rings is 1. The molecular weight excluding hydrogens is 333 g/mol. The van der Waals surface area contributed by atoms with Crippen LogP contribution in [0.15, 0.2) is 21.7 Å². The van der Waals surface area contributed by atoms with Crippen LogP contribution in [0, 0.1) is 5.82 Å². The minimum atomic E-state index is -0.632. The van der Waals surface area contributed by atoms with Gasteiger partial charge in [-0.25, -0.2) is 13.8 Å². The second-order valence-corrected chi connectivity index (χ2v) is 6.87. The van der Waals surface area contributed by atoms with E-state index in [-0.39, 0.29) is 16.4 Å². The monoisotopic (exact) mass is 349 g/mol. The summed E-state index contributed by atoms with van der Waals surface area (Å²) in [5.74, 6) is -0.842. The molecule has 0 saturated heterocycles. The third-order valence-electron chi connectivity index (χ3n) is 4.56. The SMILES string of the molecule is CCn1c(=O)sc2cc(F)c(-n3c(O)c4n(c3=O)CCCC4)cc21. The van der Waals surface area contributed by atoms with E-state index in [0.29, 0.717) is 35.4 Å². The molecule has 126 valence electrons. The molecule has 3 aromatic rings. The van der Waals surface area contributed by atoms with Crippen LogP contribution in [0.5, 0.6) is 5.88 Å². The van der Waals surface area contributed by atoms with Gasteiger partial charge in [-0.05, 0) is 38.3 Å². The molecule has 0 saturated carbocycles. The van der Waals surface area contributed by atoms with E-state index >= 15 is 0 Å². The summed E-state index contributed by atoms with van der Waals surface area (Å²) in [7, 11) is 0.